The van der Waals surface area contributed by atoms with Gasteiger partial charge < -0.3 is 5.11 Å². The summed E-state index contributed by atoms with van der Waals surface area (Å²) in [5.74, 6) is -0.259. The highest BCUT2D eigenvalue weighted by atomic mass is 16.4. The van der Waals surface area contributed by atoms with Crippen LogP contribution in [-0.4, -0.2) is 11.1 Å². The van der Waals surface area contributed by atoms with E-state index in [9.17, 15) is 4.79 Å². The van der Waals surface area contributed by atoms with E-state index in [4.69, 9.17) is 5.11 Å². The molecule has 0 aromatic carbocycles. The molecule has 0 heterocycles. The highest BCUT2D eigenvalue weighted by Gasteiger charge is 2.14. The molecule has 0 spiro atoms. The summed E-state index contributed by atoms with van der Waals surface area (Å²) in [6.45, 7) is 12.4. The van der Waals surface area contributed by atoms with Gasteiger partial charge in [-0.1, -0.05) is 62.3 Å². The minimum absolute atomic E-state index is 0.652. The number of aliphatic carboxylic acids is 1. The van der Waals surface area contributed by atoms with Gasteiger partial charge in [0.05, 0.1) is 0 Å². The first-order valence-electron chi connectivity index (χ1n) is 8.54. The number of hydrogen-bond donors (Lipinski definition) is 1. The van der Waals surface area contributed by atoms with Gasteiger partial charge in [0.2, 0.25) is 0 Å². The lowest BCUT2D eigenvalue weighted by Gasteiger charge is -2.22. The van der Waals surface area contributed by atoms with Gasteiger partial charge in [0.1, 0.15) is 0 Å². The highest BCUT2D eigenvalue weighted by molar-refractivity contribution is 5.81. The fraction of sp³-hybridized carbons (Fsp3) is 0.476. The standard InChI is InChI=1S/C19H26O2.C2H6/c1-14(7-5-8-15(2)13-19(20)21)11-12-18-16(3)9-6-10-17(18)4;1-2/h5,7-8,11-13,16H,6,9-10H2,1-4H3,(H,20,21);1-2H3/b8-5+,12-11+,14-7-,15-13-;. The summed E-state index contributed by atoms with van der Waals surface area (Å²) in [5, 5.41) is 8.63. The Labute approximate surface area is 142 Å². The third-order valence-electron chi connectivity index (χ3n) is 3.81. The molecule has 0 aliphatic heterocycles. The van der Waals surface area contributed by atoms with Crippen molar-refractivity contribution in [2.24, 2.45) is 5.92 Å². The van der Waals surface area contributed by atoms with Gasteiger partial charge in [-0.05, 0) is 57.1 Å². The zero-order valence-electron chi connectivity index (χ0n) is 15.5. The van der Waals surface area contributed by atoms with Gasteiger partial charge in [0.25, 0.3) is 0 Å². The van der Waals surface area contributed by atoms with E-state index in [2.05, 4.69) is 32.9 Å². The van der Waals surface area contributed by atoms with Crippen molar-refractivity contribution >= 4 is 5.97 Å². The first kappa shape index (κ1) is 21.2. The van der Waals surface area contributed by atoms with E-state index >= 15 is 0 Å². The van der Waals surface area contributed by atoms with Crippen molar-refractivity contribution in [2.45, 2.75) is 60.8 Å². The first-order chi connectivity index (χ1) is 10.9. The van der Waals surface area contributed by atoms with Gasteiger partial charge in [-0.2, -0.15) is 0 Å². The van der Waals surface area contributed by atoms with Crippen molar-refractivity contribution in [3.8, 4) is 0 Å². The molecule has 1 N–H and O–H groups in total. The second-order valence-electron chi connectivity index (χ2n) is 5.86. The Bertz CT molecular complexity index is 528. The summed E-state index contributed by atoms with van der Waals surface area (Å²) in [7, 11) is 0. The van der Waals surface area contributed by atoms with Crippen LogP contribution < -0.4 is 0 Å². The summed E-state index contributed by atoms with van der Waals surface area (Å²) in [5.41, 5.74) is 4.87. The SMILES string of the molecule is CC.CC1=C(/C=C/C(C)=C\C=C\C(C)=C/C(=O)O)C(C)CCC1. The lowest BCUT2D eigenvalue weighted by molar-refractivity contribution is -0.131. The Morgan fingerprint density at radius 3 is 2.39 bits per heavy atom. The number of carboxylic acids is 1. The molecule has 1 aliphatic rings. The molecule has 2 heteroatoms. The molecule has 128 valence electrons. The molecule has 23 heavy (non-hydrogen) atoms. The second kappa shape index (κ2) is 11.7. The number of hydrogen-bond acceptors (Lipinski definition) is 1. The van der Waals surface area contributed by atoms with Crippen molar-refractivity contribution in [2.75, 3.05) is 0 Å². The van der Waals surface area contributed by atoms with Crippen LogP contribution in [0.5, 0.6) is 0 Å². The maximum absolute atomic E-state index is 10.5. The van der Waals surface area contributed by atoms with Crippen LogP contribution in [0.15, 0.2) is 58.7 Å². The number of rotatable bonds is 5. The Balaban J connectivity index is 0.00000232. The molecule has 1 aliphatic carbocycles. The van der Waals surface area contributed by atoms with Crippen molar-refractivity contribution < 1.29 is 9.90 Å². The van der Waals surface area contributed by atoms with E-state index in [0.29, 0.717) is 5.92 Å². The topological polar surface area (TPSA) is 37.3 Å². The molecule has 0 saturated carbocycles. The van der Waals surface area contributed by atoms with Gasteiger partial charge in [-0.25, -0.2) is 4.79 Å². The van der Waals surface area contributed by atoms with Crippen LogP contribution in [0.3, 0.4) is 0 Å². The van der Waals surface area contributed by atoms with Crippen LogP contribution in [0, 0.1) is 5.92 Å². The first-order valence-corrected chi connectivity index (χ1v) is 8.54. The molecule has 0 bridgehead atoms. The molecule has 1 atom stereocenters. The number of carboxylic acid groups (broad SMARTS) is 1. The average Bonchev–Trinajstić information content (AvgIpc) is 2.48. The lowest BCUT2D eigenvalue weighted by Crippen LogP contribution is -2.06. The summed E-state index contributed by atoms with van der Waals surface area (Å²) in [6.07, 6.45) is 15.1. The van der Waals surface area contributed by atoms with E-state index in [1.165, 1.54) is 36.5 Å². The molecule has 0 aromatic rings. The fourth-order valence-electron chi connectivity index (χ4n) is 2.57. The van der Waals surface area contributed by atoms with Crippen molar-refractivity contribution in [1.82, 2.24) is 0 Å². The molecule has 1 unspecified atom stereocenters. The molecular formula is C21H32O2. The predicted octanol–water partition coefficient (Wildman–Crippen LogP) is 6.24. The van der Waals surface area contributed by atoms with E-state index in [1.807, 2.05) is 26.0 Å². The third-order valence-corrected chi connectivity index (χ3v) is 3.81. The van der Waals surface area contributed by atoms with Gasteiger partial charge in [0.15, 0.2) is 0 Å². The maximum atomic E-state index is 10.5. The van der Waals surface area contributed by atoms with Crippen LogP contribution in [0.25, 0.3) is 0 Å². The zero-order chi connectivity index (χ0) is 17.8. The molecule has 0 fully saturated rings. The number of allylic oxidation sites excluding steroid dienone is 9. The summed E-state index contributed by atoms with van der Waals surface area (Å²) < 4.78 is 0. The minimum Gasteiger partial charge on any atom is -0.478 e. The Hall–Kier alpha value is -1.83. The fourth-order valence-corrected chi connectivity index (χ4v) is 2.57. The monoisotopic (exact) mass is 316 g/mol. The lowest BCUT2D eigenvalue weighted by atomic mass is 9.84. The summed E-state index contributed by atoms with van der Waals surface area (Å²) in [4.78, 5) is 10.5. The Kier molecular flexibility index (Phi) is 10.8. The van der Waals surface area contributed by atoms with Gasteiger partial charge in [0, 0.05) is 6.08 Å². The van der Waals surface area contributed by atoms with Crippen LogP contribution >= 0.6 is 0 Å². The largest absolute Gasteiger partial charge is 0.478 e. The Morgan fingerprint density at radius 1 is 1.17 bits per heavy atom. The number of carbonyl (C=O) groups is 1. The minimum atomic E-state index is -0.911. The third kappa shape index (κ3) is 9.02. The van der Waals surface area contributed by atoms with E-state index in [-0.39, 0.29) is 0 Å². The summed E-state index contributed by atoms with van der Waals surface area (Å²) >= 11 is 0. The second-order valence-corrected chi connectivity index (χ2v) is 5.86. The van der Waals surface area contributed by atoms with Gasteiger partial charge in [-0.15, -0.1) is 0 Å². The normalized spacial score (nSPS) is 20.0. The molecule has 0 amide bonds. The van der Waals surface area contributed by atoms with Gasteiger partial charge in [-0.3, -0.25) is 0 Å². The van der Waals surface area contributed by atoms with E-state index in [1.54, 1.807) is 13.0 Å². The van der Waals surface area contributed by atoms with Crippen LogP contribution in [0.1, 0.15) is 60.8 Å². The van der Waals surface area contributed by atoms with Crippen LogP contribution in [-0.2, 0) is 4.79 Å². The smallest absolute Gasteiger partial charge is 0.328 e. The predicted molar refractivity (Wildman–Crippen MR) is 100 cm³/mol. The maximum Gasteiger partial charge on any atom is 0.328 e. The highest BCUT2D eigenvalue weighted by Crippen LogP contribution is 2.30. The molecule has 2 nitrogen and oxygen atoms in total. The van der Waals surface area contributed by atoms with Gasteiger partial charge >= 0.3 is 5.97 Å². The van der Waals surface area contributed by atoms with Crippen LogP contribution in [0.2, 0.25) is 0 Å². The van der Waals surface area contributed by atoms with Crippen molar-refractivity contribution in [1.29, 1.82) is 0 Å². The quantitative estimate of drug-likeness (QED) is 0.481. The molecule has 0 radical (unpaired) electrons. The molecular weight excluding hydrogens is 284 g/mol. The molecule has 0 saturated heterocycles. The van der Waals surface area contributed by atoms with Crippen molar-refractivity contribution in [3.63, 3.8) is 0 Å². The van der Waals surface area contributed by atoms with E-state index in [0.717, 1.165) is 11.1 Å². The average molecular weight is 316 g/mol. The summed E-state index contributed by atoms with van der Waals surface area (Å²) in [6, 6.07) is 0. The van der Waals surface area contributed by atoms with Crippen molar-refractivity contribution in [3.05, 3.63) is 58.7 Å². The molecule has 0 aromatic heterocycles. The van der Waals surface area contributed by atoms with E-state index < -0.39 is 5.97 Å². The molecule has 1 rings (SSSR count). The van der Waals surface area contributed by atoms with Crippen LogP contribution in [0.4, 0.5) is 0 Å². The zero-order valence-corrected chi connectivity index (χ0v) is 15.5. The Morgan fingerprint density at radius 2 is 1.83 bits per heavy atom.